The molecular weight excluding hydrogens is 156 g/mol. The standard InChI is InChI=1S/C9H16OS/c1-3-5-8(10)9(2)6-4-7-11-9/h3-7H2,1-2H3. The number of ketones is 1. The lowest BCUT2D eigenvalue weighted by molar-refractivity contribution is -0.121. The van der Waals surface area contributed by atoms with Crippen LogP contribution in [-0.4, -0.2) is 16.3 Å². The van der Waals surface area contributed by atoms with Crippen LogP contribution in [0.4, 0.5) is 0 Å². The summed E-state index contributed by atoms with van der Waals surface area (Å²) in [7, 11) is 0. The molecule has 1 fully saturated rings. The van der Waals surface area contributed by atoms with Crippen LogP contribution < -0.4 is 0 Å². The maximum atomic E-state index is 11.5. The quantitative estimate of drug-likeness (QED) is 0.651. The zero-order chi connectivity index (χ0) is 8.32. The van der Waals surface area contributed by atoms with Gasteiger partial charge in [0.05, 0.1) is 4.75 Å². The monoisotopic (exact) mass is 172 g/mol. The summed E-state index contributed by atoms with van der Waals surface area (Å²) in [6.07, 6.45) is 4.08. The number of carbonyl (C=O) groups is 1. The van der Waals surface area contributed by atoms with Gasteiger partial charge < -0.3 is 0 Å². The minimum absolute atomic E-state index is 0.0178. The lowest BCUT2D eigenvalue weighted by Gasteiger charge is -2.19. The van der Waals surface area contributed by atoms with Crippen molar-refractivity contribution in [1.82, 2.24) is 0 Å². The Morgan fingerprint density at radius 2 is 2.36 bits per heavy atom. The van der Waals surface area contributed by atoms with Crippen molar-refractivity contribution in [2.24, 2.45) is 0 Å². The highest BCUT2D eigenvalue weighted by molar-refractivity contribution is 8.01. The predicted molar refractivity (Wildman–Crippen MR) is 50.0 cm³/mol. The minimum atomic E-state index is -0.0178. The molecule has 1 atom stereocenters. The average Bonchev–Trinajstić information content (AvgIpc) is 2.38. The lowest BCUT2D eigenvalue weighted by atomic mass is 9.97. The maximum Gasteiger partial charge on any atom is 0.148 e. The van der Waals surface area contributed by atoms with Gasteiger partial charge in [-0.3, -0.25) is 4.79 Å². The molecule has 2 heteroatoms. The van der Waals surface area contributed by atoms with Crippen molar-refractivity contribution < 1.29 is 4.79 Å². The summed E-state index contributed by atoms with van der Waals surface area (Å²) in [4.78, 5) is 11.5. The van der Waals surface area contributed by atoms with Gasteiger partial charge >= 0.3 is 0 Å². The Bertz CT molecular complexity index is 148. The molecule has 0 radical (unpaired) electrons. The van der Waals surface area contributed by atoms with E-state index in [0.29, 0.717) is 5.78 Å². The van der Waals surface area contributed by atoms with Crippen LogP contribution in [0.3, 0.4) is 0 Å². The molecule has 0 aromatic carbocycles. The second-order valence-corrected chi connectivity index (χ2v) is 4.95. The van der Waals surface area contributed by atoms with Crippen LogP contribution in [0.5, 0.6) is 0 Å². The number of rotatable bonds is 3. The van der Waals surface area contributed by atoms with E-state index in [1.165, 1.54) is 12.2 Å². The van der Waals surface area contributed by atoms with E-state index in [1.807, 2.05) is 11.8 Å². The van der Waals surface area contributed by atoms with Crippen LogP contribution in [0.1, 0.15) is 39.5 Å². The molecule has 11 heavy (non-hydrogen) atoms. The smallest absolute Gasteiger partial charge is 0.148 e. The first-order valence-corrected chi connectivity index (χ1v) is 5.35. The molecule has 0 aliphatic carbocycles. The summed E-state index contributed by atoms with van der Waals surface area (Å²) < 4.78 is -0.0178. The summed E-state index contributed by atoms with van der Waals surface area (Å²) in [5, 5.41) is 0. The first-order valence-electron chi connectivity index (χ1n) is 4.36. The molecule has 1 nitrogen and oxygen atoms in total. The molecule has 1 aliphatic rings. The van der Waals surface area contributed by atoms with Gasteiger partial charge in [0, 0.05) is 6.42 Å². The van der Waals surface area contributed by atoms with Gasteiger partial charge in [0.2, 0.25) is 0 Å². The fraction of sp³-hybridized carbons (Fsp3) is 0.889. The van der Waals surface area contributed by atoms with Crippen molar-refractivity contribution in [3.63, 3.8) is 0 Å². The Kier molecular flexibility index (Phi) is 2.99. The number of hydrogen-bond donors (Lipinski definition) is 0. The van der Waals surface area contributed by atoms with Crippen molar-refractivity contribution >= 4 is 17.5 Å². The Balaban J connectivity index is 2.49. The van der Waals surface area contributed by atoms with Crippen molar-refractivity contribution in [2.45, 2.75) is 44.3 Å². The molecule has 0 saturated carbocycles. The molecule has 0 aromatic rings. The van der Waals surface area contributed by atoms with E-state index in [2.05, 4.69) is 13.8 Å². The van der Waals surface area contributed by atoms with Crippen molar-refractivity contribution in [1.29, 1.82) is 0 Å². The number of thioether (sulfide) groups is 1. The molecule has 0 spiro atoms. The van der Waals surface area contributed by atoms with Crippen LogP contribution in [-0.2, 0) is 4.79 Å². The average molecular weight is 172 g/mol. The molecule has 64 valence electrons. The zero-order valence-corrected chi connectivity index (χ0v) is 8.17. The van der Waals surface area contributed by atoms with Gasteiger partial charge in [0.15, 0.2) is 0 Å². The van der Waals surface area contributed by atoms with E-state index < -0.39 is 0 Å². The molecule has 1 heterocycles. The van der Waals surface area contributed by atoms with E-state index in [-0.39, 0.29) is 4.75 Å². The van der Waals surface area contributed by atoms with Crippen molar-refractivity contribution in [3.05, 3.63) is 0 Å². The van der Waals surface area contributed by atoms with E-state index in [0.717, 1.165) is 19.3 Å². The highest BCUT2D eigenvalue weighted by atomic mass is 32.2. The van der Waals surface area contributed by atoms with E-state index >= 15 is 0 Å². The molecule has 1 saturated heterocycles. The van der Waals surface area contributed by atoms with Crippen molar-refractivity contribution in [3.8, 4) is 0 Å². The second-order valence-electron chi connectivity index (χ2n) is 3.36. The SMILES string of the molecule is CCCC(=O)C1(C)CCCS1. The Morgan fingerprint density at radius 1 is 1.64 bits per heavy atom. The van der Waals surface area contributed by atoms with Crippen molar-refractivity contribution in [2.75, 3.05) is 5.75 Å². The predicted octanol–water partition coefficient (Wildman–Crippen LogP) is 2.64. The molecular formula is C9H16OS. The van der Waals surface area contributed by atoms with Gasteiger partial charge in [-0.05, 0) is 31.9 Å². The molecule has 1 unspecified atom stereocenters. The third-order valence-electron chi connectivity index (χ3n) is 2.29. The van der Waals surface area contributed by atoms with Gasteiger partial charge in [-0.2, -0.15) is 0 Å². The summed E-state index contributed by atoms with van der Waals surface area (Å²) in [6.45, 7) is 4.17. The number of Topliss-reactive ketones (excluding diaryl/α,β-unsaturated/α-hetero) is 1. The van der Waals surface area contributed by atoms with Gasteiger partial charge in [0.1, 0.15) is 5.78 Å². The molecule has 0 aromatic heterocycles. The van der Waals surface area contributed by atoms with Gasteiger partial charge in [0.25, 0.3) is 0 Å². The minimum Gasteiger partial charge on any atom is -0.298 e. The molecule has 0 N–H and O–H groups in total. The summed E-state index contributed by atoms with van der Waals surface area (Å²) in [5.74, 6) is 1.63. The first-order chi connectivity index (χ1) is 5.19. The Labute approximate surface area is 72.9 Å². The third kappa shape index (κ3) is 1.98. The molecule has 1 rings (SSSR count). The van der Waals surface area contributed by atoms with E-state index in [1.54, 1.807) is 0 Å². The fourth-order valence-corrected chi connectivity index (χ4v) is 2.78. The normalized spacial score (nSPS) is 30.7. The van der Waals surface area contributed by atoms with E-state index in [9.17, 15) is 4.79 Å². The fourth-order valence-electron chi connectivity index (χ4n) is 1.49. The first kappa shape index (κ1) is 9.11. The number of hydrogen-bond acceptors (Lipinski definition) is 2. The largest absolute Gasteiger partial charge is 0.298 e. The zero-order valence-electron chi connectivity index (χ0n) is 7.35. The maximum absolute atomic E-state index is 11.5. The Morgan fingerprint density at radius 3 is 2.82 bits per heavy atom. The summed E-state index contributed by atoms with van der Waals surface area (Å²) in [5.41, 5.74) is 0. The molecule has 0 bridgehead atoms. The van der Waals surface area contributed by atoms with Crippen LogP contribution in [0.2, 0.25) is 0 Å². The highest BCUT2D eigenvalue weighted by Crippen LogP contribution is 2.39. The lowest BCUT2D eigenvalue weighted by Crippen LogP contribution is -2.28. The van der Waals surface area contributed by atoms with Crippen LogP contribution >= 0.6 is 11.8 Å². The van der Waals surface area contributed by atoms with Gasteiger partial charge in [-0.25, -0.2) is 0 Å². The molecule has 1 aliphatic heterocycles. The highest BCUT2D eigenvalue weighted by Gasteiger charge is 2.35. The second kappa shape index (κ2) is 3.61. The van der Waals surface area contributed by atoms with Gasteiger partial charge in [-0.15, -0.1) is 11.8 Å². The third-order valence-corrected chi connectivity index (χ3v) is 3.85. The summed E-state index contributed by atoms with van der Waals surface area (Å²) in [6, 6.07) is 0. The van der Waals surface area contributed by atoms with Crippen LogP contribution in [0.15, 0.2) is 0 Å². The van der Waals surface area contributed by atoms with Crippen LogP contribution in [0, 0.1) is 0 Å². The van der Waals surface area contributed by atoms with Gasteiger partial charge in [-0.1, -0.05) is 6.92 Å². The summed E-state index contributed by atoms with van der Waals surface area (Å²) >= 11 is 1.84. The Hall–Kier alpha value is 0.0200. The van der Waals surface area contributed by atoms with E-state index in [4.69, 9.17) is 0 Å². The molecule has 0 amide bonds. The topological polar surface area (TPSA) is 17.1 Å². The number of carbonyl (C=O) groups excluding carboxylic acids is 1. The van der Waals surface area contributed by atoms with Crippen LogP contribution in [0.25, 0.3) is 0 Å².